The summed E-state index contributed by atoms with van der Waals surface area (Å²) in [6.07, 6.45) is 4.35. The van der Waals surface area contributed by atoms with E-state index >= 15 is 0 Å². The second-order valence-corrected chi connectivity index (χ2v) is 5.45. The summed E-state index contributed by atoms with van der Waals surface area (Å²) in [6.45, 7) is 4.24. The highest BCUT2D eigenvalue weighted by Crippen LogP contribution is 2.38. The van der Waals surface area contributed by atoms with Crippen molar-refractivity contribution in [2.24, 2.45) is 11.1 Å². The molecule has 0 unspecified atom stereocenters. The number of nitrogens with one attached hydrogen (secondary N) is 1. The Morgan fingerprint density at radius 1 is 1.42 bits per heavy atom. The highest BCUT2D eigenvalue weighted by Gasteiger charge is 2.30. The van der Waals surface area contributed by atoms with E-state index in [0.717, 1.165) is 30.5 Å². The predicted molar refractivity (Wildman–Crippen MR) is 74.3 cm³/mol. The van der Waals surface area contributed by atoms with Crippen molar-refractivity contribution in [2.45, 2.75) is 33.1 Å². The summed E-state index contributed by atoms with van der Waals surface area (Å²) < 4.78 is 5.07. The molecular formula is C14H20N4O. The first-order chi connectivity index (χ1) is 8.95. The van der Waals surface area contributed by atoms with Crippen LogP contribution in [0.25, 0.3) is 0 Å². The van der Waals surface area contributed by atoms with Gasteiger partial charge in [-0.05, 0) is 24.8 Å². The predicted octanol–water partition coefficient (Wildman–Crippen LogP) is 2.28. The first-order valence-corrected chi connectivity index (χ1v) is 6.40. The summed E-state index contributed by atoms with van der Waals surface area (Å²) in [4.78, 5) is 8.10. The number of methoxy groups -OCH3 is 1. The van der Waals surface area contributed by atoms with Crippen molar-refractivity contribution >= 4 is 5.71 Å². The average molecular weight is 260 g/mol. The van der Waals surface area contributed by atoms with Crippen LogP contribution in [0.15, 0.2) is 23.7 Å². The summed E-state index contributed by atoms with van der Waals surface area (Å²) in [6, 6.07) is 1.67. The topological polar surface area (TPSA) is 84.9 Å². The molecule has 1 aliphatic rings. The number of allylic oxidation sites excluding steroid dienone is 2. The Labute approximate surface area is 113 Å². The van der Waals surface area contributed by atoms with Gasteiger partial charge in [-0.2, -0.15) is 0 Å². The molecule has 0 saturated carbocycles. The summed E-state index contributed by atoms with van der Waals surface area (Å²) in [5, 5.41) is 8.32. The zero-order valence-corrected chi connectivity index (χ0v) is 11.7. The van der Waals surface area contributed by atoms with Crippen LogP contribution < -0.4 is 10.5 Å². The van der Waals surface area contributed by atoms with Crippen molar-refractivity contribution in [3.63, 3.8) is 0 Å². The average Bonchev–Trinajstić information content (AvgIpc) is 2.41. The molecule has 3 N–H and O–H groups in total. The summed E-state index contributed by atoms with van der Waals surface area (Å²) >= 11 is 0. The van der Waals surface area contributed by atoms with Gasteiger partial charge < -0.3 is 10.5 Å². The molecule has 0 fully saturated rings. The van der Waals surface area contributed by atoms with Crippen LogP contribution in [0.1, 0.15) is 38.8 Å². The van der Waals surface area contributed by atoms with Crippen LogP contribution in [0.4, 0.5) is 0 Å². The molecule has 0 amide bonds. The maximum atomic E-state index is 8.32. The molecule has 0 aromatic carbocycles. The highest BCUT2D eigenvalue weighted by atomic mass is 16.5. The third-order valence-electron chi connectivity index (χ3n) is 3.69. The van der Waals surface area contributed by atoms with E-state index in [9.17, 15) is 0 Å². The van der Waals surface area contributed by atoms with Gasteiger partial charge in [-0.25, -0.2) is 9.97 Å². The Morgan fingerprint density at radius 2 is 2.16 bits per heavy atom. The van der Waals surface area contributed by atoms with Gasteiger partial charge in [0.15, 0.2) is 0 Å². The SMILES string of the molecule is COc1cc(C(=N)C2=C(N)C(C)(C)CCC2)ncn1. The van der Waals surface area contributed by atoms with E-state index in [-0.39, 0.29) is 5.41 Å². The van der Waals surface area contributed by atoms with Crippen LogP contribution in [-0.4, -0.2) is 22.8 Å². The van der Waals surface area contributed by atoms with Gasteiger partial charge >= 0.3 is 0 Å². The lowest BCUT2D eigenvalue weighted by Crippen LogP contribution is -2.29. The van der Waals surface area contributed by atoms with E-state index in [0.29, 0.717) is 17.3 Å². The second kappa shape index (κ2) is 4.99. The standard InChI is InChI=1S/C14H20N4O/c1-14(2)6-4-5-9(13(14)16)12(15)10-7-11(19-3)18-8-17-10/h7-8,15H,4-6,16H2,1-3H3. The second-order valence-electron chi connectivity index (χ2n) is 5.45. The zero-order valence-electron chi connectivity index (χ0n) is 11.7. The Bertz CT molecular complexity index is 534. The van der Waals surface area contributed by atoms with E-state index in [2.05, 4.69) is 23.8 Å². The van der Waals surface area contributed by atoms with Gasteiger partial charge in [-0.1, -0.05) is 13.8 Å². The van der Waals surface area contributed by atoms with Crippen LogP contribution >= 0.6 is 0 Å². The molecule has 0 atom stereocenters. The molecule has 5 nitrogen and oxygen atoms in total. The lowest BCUT2D eigenvalue weighted by atomic mass is 9.75. The van der Waals surface area contributed by atoms with Crippen molar-refractivity contribution in [1.29, 1.82) is 5.41 Å². The minimum Gasteiger partial charge on any atom is -0.481 e. The van der Waals surface area contributed by atoms with Gasteiger partial charge in [0, 0.05) is 17.2 Å². The van der Waals surface area contributed by atoms with Crippen molar-refractivity contribution in [3.8, 4) is 5.88 Å². The zero-order chi connectivity index (χ0) is 14.0. The minimum atomic E-state index is -0.0446. The van der Waals surface area contributed by atoms with Crippen molar-refractivity contribution in [3.05, 3.63) is 29.4 Å². The first kappa shape index (κ1) is 13.5. The number of rotatable bonds is 3. The molecule has 102 valence electrons. The number of nitrogens with zero attached hydrogens (tertiary/aromatic N) is 2. The Kier molecular flexibility index (Phi) is 3.55. The molecule has 0 spiro atoms. The lowest BCUT2D eigenvalue weighted by Gasteiger charge is -2.32. The Morgan fingerprint density at radius 3 is 2.84 bits per heavy atom. The van der Waals surface area contributed by atoms with E-state index in [1.807, 2.05) is 0 Å². The Balaban J connectivity index is 2.38. The van der Waals surface area contributed by atoms with Crippen molar-refractivity contribution in [2.75, 3.05) is 7.11 Å². The summed E-state index contributed by atoms with van der Waals surface area (Å²) in [5.74, 6) is 0.462. The van der Waals surface area contributed by atoms with Crippen molar-refractivity contribution in [1.82, 2.24) is 9.97 Å². The summed E-state index contributed by atoms with van der Waals surface area (Å²) in [5.41, 5.74) is 8.83. The molecule has 1 aromatic rings. The maximum Gasteiger partial charge on any atom is 0.216 e. The van der Waals surface area contributed by atoms with E-state index in [4.69, 9.17) is 15.9 Å². The van der Waals surface area contributed by atoms with Gasteiger partial charge in [0.1, 0.15) is 6.33 Å². The number of hydrogen-bond donors (Lipinski definition) is 2. The molecule has 1 aliphatic carbocycles. The molecule has 5 heteroatoms. The lowest BCUT2D eigenvalue weighted by molar-refractivity contribution is 0.367. The van der Waals surface area contributed by atoms with Gasteiger partial charge in [0.2, 0.25) is 5.88 Å². The third kappa shape index (κ3) is 2.59. The smallest absolute Gasteiger partial charge is 0.216 e. The number of nitrogens with two attached hydrogens (primary N) is 1. The largest absolute Gasteiger partial charge is 0.481 e. The van der Waals surface area contributed by atoms with Gasteiger partial charge in [-0.15, -0.1) is 0 Å². The van der Waals surface area contributed by atoms with Crippen LogP contribution in [0.2, 0.25) is 0 Å². The first-order valence-electron chi connectivity index (χ1n) is 6.40. The van der Waals surface area contributed by atoms with E-state index in [1.165, 1.54) is 6.33 Å². The van der Waals surface area contributed by atoms with Gasteiger partial charge in [0.25, 0.3) is 0 Å². The van der Waals surface area contributed by atoms with Crippen LogP contribution in [-0.2, 0) is 0 Å². The number of ether oxygens (including phenoxy) is 1. The monoisotopic (exact) mass is 260 g/mol. The van der Waals surface area contributed by atoms with Crippen LogP contribution in [0.3, 0.4) is 0 Å². The maximum absolute atomic E-state index is 8.32. The molecule has 0 saturated heterocycles. The molecular weight excluding hydrogens is 240 g/mol. The fourth-order valence-electron chi connectivity index (χ4n) is 2.39. The molecule has 0 aliphatic heterocycles. The number of aromatic nitrogens is 2. The number of hydrogen-bond acceptors (Lipinski definition) is 5. The third-order valence-corrected chi connectivity index (χ3v) is 3.69. The van der Waals surface area contributed by atoms with Crippen molar-refractivity contribution < 1.29 is 4.74 Å². The van der Waals surface area contributed by atoms with Gasteiger partial charge in [-0.3, -0.25) is 5.41 Å². The van der Waals surface area contributed by atoms with Crippen LogP contribution in [0, 0.1) is 10.8 Å². The normalized spacial score (nSPS) is 18.3. The van der Waals surface area contributed by atoms with E-state index in [1.54, 1.807) is 13.2 Å². The molecule has 0 bridgehead atoms. The summed E-state index contributed by atoms with van der Waals surface area (Å²) in [7, 11) is 1.55. The molecule has 1 heterocycles. The quantitative estimate of drug-likeness (QED) is 0.816. The molecule has 19 heavy (non-hydrogen) atoms. The Hall–Kier alpha value is -1.91. The molecule has 1 aromatic heterocycles. The molecule has 0 radical (unpaired) electrons. The molecule has 2 rings (SSSR count). The van der Waals surface area contributed by atoms with Gasteiger partial charge in [0.05, 0.1) is 18.5 Å². The fraction of sp³-hybridized carbons (Fsp3) is 0.500. The van der Waals surface area contributed by atoms with Crippen LogP contribution in [0.5, 0.6) is 5.88 Å². The highest BCUT2D eigenvalue weighted by molar-refractivity contribution is 6.10. The minimum absolute atomic E-state index is 0.0446. The van der Waals surface area contributed by atoms with E-state index < -0.39 is 0 Å². The fourth-order valence-corrected chi connectivity index (χ4v) is 2.39.